The number of anilines is 1. The molecular weight excluding hydrogens is 448 g/mol. The van der Waals surface area contributed by atoms with Gasteiger partial charge in [0.25, 0.3) is 5.91 Å². The molecule has 1 atom stereocenters. The highest BCUT2D eigenvalue weighted by Crippen LogP contribution is 2.36. The Balaban J connectivity index is 1.64. The summed E-state index contributed by atoms with van der Waals surface area (Å²) < 4.78 is 17.3. The van der Waals surface area contributed by atoms with Gasteiger partial charge in [-0.3, -0.25) is 9.69 Å². The molecule has 0 radical (unpaired) electrons. The number of hydrogen-bond donors (Lipinski definition) is 0. The van der Waals surface area contributed by atoms with Gasteiger partial charge in [-0.15, -0.1) is 0 Å². The molecule has 6 nitrogen and oxygen atoms in total. The highest BCUT2D eigenvalue weighted by molar-refractivity contribution is 7.23. The molecular formula is C24H25ClN2O4S. The predicted octanol–water partition coefficient (Wildman–Crippen LogP) is 5.50. The van der Waals surface area contributed by atoms with Crippen molar-refractivity contribution in [2.24, 2.45) is 0 Å². The average Bonchev–Trinajstić information content (AvgIpc) is 3.48. The van der Waals surface area contributed by atoms with Crippen molar-refractivity contribution >= 4 is 50.3 Å². The number of ether oxygens (including phenoxy) is 3. The van der Waals surface area contributed by atoms with Crippen LogP contribution in [0.5, 0.6) is 11.5 Å². The van der Waals surface area contributed by atoms with Crippen molar-refractivity contribution in [1.82, 2.24) is 4.98 Å². The number of halogens is 1. The minimum absolute atomic E-state index is 0.00277. The topological polar surface area (TPSA) is 60.9 Å². The Morgan fingerprint density at radius 1 is 1.28 bits per heavy atom. The summed E-state index contributed by atoms with van der Waals surface area (Å²) in [5, 5.41) is 1.26. The number of methoxy groups -OCH3 is 2. The van der Waals surface area contributed by atoms with Crippen LogP contribution < -0.4 is 14.4 Å². The molecule has 2 aromatic carbocycles. The molecule has 0 bridgehead atoms. The first-order valence-electron chi connectivity index (χ1n) is 10.4. The fraction of sp³-hybridized carbons (Fsp3) is 0.333. The summed E-state index contributed by atoms with van der Waals surface area (Å²) in [6.45, 7) is 3.16. The van der Waals surface area contributed by atoms with Crippen LogP contribution in [0.25, 0.3) is 16.3 Å². The summed E-state index contributed by atoms with van der Waals surface area (Å²) in [6.07, 6.45) is 5.24. The Kier molecular flexibility index (Phi) is 6.98. The molecule has 4 rings (SSSR count). The number of benzene rings is 2. The number of carbonyl (C=O) groups is 1. The number of carbonyl (C=O) groups excluding carboxylic acids is 1. The van der Waals surface area contributed by atoms with Crippen molar-refractivity contribution in [3.63, 3.8) is 0 Å². The Hall–Kier alpha value is -2.61. The smallest absolute Gasteiger partial charge is 0.252 e. The monoisotopic (exact) mass is 472 g/mol. The van der Waals surface area contributed by atoms with Gasteiger partial charge in [-0.25, -0.2) is 4.98 Å². The molecule has 1 saturated heterocycles. The molecule has 32 heavy (non-hydrogen) atoms. The van der Waals surface area contributed by atoms with Crippen molar-refractivity contribution in [3.8, 4) is 11.5 Å². The predicted molar refractivity (Wildman–Crippen MR) is 129 cm³/mol. The highest BCUT2D eigenvalue weighted by Gasteiger charge is 2.25. The summed E-state index contributed by atoms with van der Waals surface area (Å²) >= 11 is 7.82. The number of amides is 1. The van der Waals surface area contributed by atoms with Gasteiger partial charge in [0.2, 0.25) is 0 Å². The minimum atomic E-state index is -0.164. The third kappa shape index (κ3) is 4.75. The summed E-state index contributed by atoms with van der Waals surface area (Å²) in [5.41, 5.74) is 2.68. The van der Waals surface area contributed by atoms with E-state index in [1.807, 2.05) is 37.3 Å². The lowest BCUT2D eigenvalue weighted by Crippen LogP contribution is -2.36. The molecule has 1 fully saturated rings. The van der Waals surface area contributed by atoms with Crippen molar-refractivity contribution in [2.45, 2.75) is 25.9 Å². The van der Waals surface area contributed by atoms with Crippen LogP contribution in [0.15, 0.2) is 36.4 Å². The van der Waals surface area contributed by atoms with Crippen LogP contribution in [0.2, 0.25) is 5.02 Å². The first-order chi connectivity index (χ1) is 15.5. The van der Waals surface area contributed by atoms with Gasteiger partial charge >= 0.3 is 0 Å². The van der Waals surface area contributed by atoms with Crippen molar-refractivity contribution in [1.29, 1.82) is 0 Å². The van der Waals surface area contributed by atoms with Gasteiger partial charge in [0, 0.05) is 12.7 Å². The van der Waals surface area contributed by atoms with E-state index < -0.39 is 0 Å². The fourth-order valence-corrected chi connectivity index (χ4v) is 5.01. The minimum Gasteiger partial charge on any atom is -0.493 e. The number of aromatic nitrogens is 1. The number of rotatable bonds is 7. The molecule has 3 aromatic rings. The van der Waals surface area contributed by atoms with Crippen LogP contribution in [0.4, 0.5) is 5.13 Å². The van der Waals surface area contributed by atoms with E-state index in [9.17, 15) is 4.79 Å². The van der Waals surface area contributed by atoms with Crippen LogP contribution >= 0.6 is 22.9 Å². The second kappa shape index (κ2) is 9.90. The lowest BCUT2D eigenvalue weighted by molar-refractivity contribution is -0.114. The van der Waals surface area contributed by atoms with Crippen LogP contribution in [0.1, 0.15) is 24.0 Å². The molecule has 1 aromatic heterocycles. The van der Waals surface area contributed by atoms with E-state index in [0.717, 1.165) is 40.8 Å². The maximum atomic E-state index is 13.3. The molecule has 0 aliphatic carbocycles. The largest absolute Gasteiger partial charge is 0.493 e. The first-order valence-corrected chi connectivity index (χ1v) is 11.6. The number of aryl methyl sites for hydroxylation is 1. The van der Waals surface area contributed by atoms with Gasteiger partial charge < -0.3 is 14.2 Å². The number of hydrogen-bond acceptors (Lipinski definition) is 6. The maximum absolute atomic E-state index is 13.3. The van der Waals surface area contributed by atoms with E-state index in [0.29, 0.717) is 28.2 Å². The van der Waals surface area contributed by atoms with E-state index in [1.54, 1.807) is 31.3 Å². The summed E-state index contributed by atoms with van der Waals surface area (Å²) in [4.78, 5) is 19.7. The molecule has 168 valence electrons. The van der Waals surface area contributed by atoms with E-state index in [-0.39, 0.29) is 12.0 Å². The van der Waals surface area contributed by atoms with E-state index >= 15 is 0 Å². The Morgan fingerprint density at radius 2 is 2.09 bits per heavy atom. The van der Waals surface area contributed by atoms with Gasteiger partial charge in [-0.05, 0) is 55.2 Å². The van der Waals surface area contributed by atoms with Crippen LogP contribution in [-0.2, 0) is 9.53 Å². The molecule has 1 aliphatic rings. The van der Waals surface area contributed by atoms with Gasteiger partial charge in [0.05, 0.1) is 42.1 Å². The number of thiazole rings is 1. The van der Waals surface area contributed by atoms with Crippen molar-refractivity contribution in [2.75, 3.05) is 32.3 Å². The third-order valence-corrected chi connectivity index (χ3v) is 6.96. The SMILES string of the molecule is COc1ccc(/C=C/C(=O)N(CC2CCCO2)c2nc3c(C)ccc(Cl)c3s2)cc1OC. The van der Waals surface area contributed by atoms with Gasteiger partial charge in [-0.1, -0.05) is 35.1 Å². The first kappa shape index (κ1) is 22.6. The van der Waals surface area contributed by atoms with Crippen LogP contribution in [-0.4, -0.2) is 44.4 Å². The molecule has 1 amide bonds. The normalized spacial score (nSPS) is 16.1. The fourth-order valence-electron chi connectivity index (χ4n) is 3.67. The van der Waals surface area contributed by atoms with E-state index in [4.69, 9.17) is 30.8 Å². The van der Waals surface area contributed by atoms with Crippen molar-refractivity contribution in [3.05, 3.63) is 52.6 Å². The molecule has 0 spiro atoms. The molecule has 8 heteroatoms. The lowest BCUT2D eigenvalue weighted by atomic mass is 10.2. The van der Waals surface area contributed by atoms with Crippen LogP contribution in [0, 0.1) is 6.92 Å². The Morgan fingerprint density at radius 3 is 2.78 bits per heavy atom. The van der Waals surface area contributed by atoms with E-state index in [2.05, 4.69) is 0 Å². The standard InChI is InChI=1S/C24H25ClN2O4S/c1-15-6-9-18(25)23-22(15)26-24(32-23)27(14-17-5-4-12-31-17)21(28)11-8-16-7-10-19(29-2)20(13-16)30-3/h6-11,13,17H,4-5,12,14H2,1-3H3/b11-8+. The quantitative estimate of drug-likeness (QED) is 0.425. The molecule has 1 aliphatic heterocycles. The third-order valence-electron chi connectivity index (χ3n) is 5.42. The van der Waals surface area contributed by atoms with Gasteiger partial charge in [-0.2, -0.15) is 0 Å². The van der Waals surface area contributed by atoms with Crippen LogP contribution in [0.3, 0.4) is 0 Å². The zero-order chi connectivity index (χ0) is 22.7. The molecule has 2 heterocycles. The molecule has 0 saturated carbocycles. The summed E-state index contributed by atoms with van der Waals surface area (Å²) in [7, 11) is 3.17. The second-order valence-electron chi connectivity index (χ2n) is 7.57. The van der Waals surface area contributed by atoms with Gasteiger partial charge in [0.15, 0.2) is 16.6 Å². The second-order valence-corrected chi connectivity index (χ2v) is 8.95. The Bertz CT molecular complexity index is 1120. The lowest BCUT2D eigenvalue weighted by Gasteiger charge is -2.21. The highest BCUT2D eigenvalue weighted by atomic mass is 35.5. The maximum Gasteiger partial charge on any atom is 0.252 e. The van der Waals surface area contributed by atoms with Crippen molar-refractivity contribution < 1.29 is 19.0 Å². The zero-order valence-electron chi connectivity index (χ0n) is 18.3. The summed E-state index contributed by atoms with van der Waals surface area (Å²) in [5.74, 6) is 1.08. The van der Waals surface area contributed by atoms with Gasteiger partial charge in [0.1, 0.15) is 0 Å². The number of fused-ring (bicyclic) bond motifs is 1. The Labute approximate surface area is 196 Å². The average molecular weight is 473 g/mol. The molecule has 1 unspecified atom stereocenters. The van der Waals surface area contributed by atoms with E-state index in [1.165, 1.54) is 11.3 Å². The summed E-state index contributed by atoms with van der Waals surface area (Å²) in [6, 6.07) is 9.32. The molecule has 0 N–H and O–H groups in total. The zero-order valence-corrected chi connectivity index (χ0v) is 19.8. The number of nitrogens with zero attached hydrogens (tertiary/aromatic N) is 2.